The number of nitrogens with two attached hydrogens (primary N) is 2. The summed E-state index contributed by atoms with van der Waals surface area (Å²) in [6.07, 6.45) is 0.0807. The molecule has 2 heterocycles. The quantitative estimate of drug-likeness (QED) is 0.158. The molecular weight excluding hydrogens is 595 g/mol. The maximum absolute atomic E-state index is 13.1. The second-order valence-electron chi connectivity index (χ2n) is 9.33. The molecule has 0 saturated heterocycles. The molecule has 42 heavy (non-hydrogen) atoms. The van der Waals surface area contributed by atoms with E-state index >= 15 is 0 Å². The van der Waals surface area contributed by atoms with Gasteiger partial charge in [0.15, 0.2) is 0 Å². The van der Waals surface area contributed by atoms with Crippen molar-refractivity contribution in [2.75, 3.05) is 14.2 Å². The summed E-state index contributed by atoms with van der Waals surface area (Å²) in [6.45, 7) is 3.04. The van der Waals surface area contributed by atoms with E-state index < -0.39 is 48.2 Å². The van der Waals surface area contributed by atoms with Gasteiger partial charge in [-0.05, 0) is 38.1 Å². The normalized spacial score (nSPS) is 14.2. The van der Waals surface area contributed by atoms with Crippen LogP contribution in [0.25, 0.3) is 21.9 Å². The minimum absolute atomic E-state index is 0.0315. The van der Waals surface area contributed by atoms with Gasteiger partial charge >= 0.3 is 23.9 Å². The SMILES string of the molecule is COC(=O)c1cc(C(OC(=O)C(=O)OC(c2cc(C(=O)OC)c(Cl)c3ccoc23)C(C)N)C(C)N)c2occc2c1Cl. The summed E-state index contributed by atoms with van der Waals surface area (Å²) < 4.78 is 31.6. The van der Waals surface area contributed by atoms with Gasteiger partial charge in [-0.15, -0.1) is 0 Å². The summed E-state index contributed by atoms with van der Waals surface area (Å²) in [6, 6.07) is 3.86. The van der Waals surface area contributed by atoms with Gasteiger partial charge in [-0.1, -0.05) is 23.2 Å². The van der Waals surface area contributed by atoms with Crippen LogP contribution in [0.2, 0.25) is 10.0 Å². The number of methoxy groups -OCH3 is 2. The minimum atomic E-state index is -1.42. The molecule has 0 aliphatic carbocycles. The number of furan rings is 2. The first-order valence-corrected chi connectivity index (χ1v) is 13.1. The van der Waals surface area contributed by atoms with Crippen molar-refractivity contribution in [3.8, 4) is 0 Å². The molecule has 0 saturated carbocycles. The summed E-state index contributed by atoms with van der Waals surface area (Å²) in [5.41, 5.74) is 12.9. The highest BCUT2D eigenvalue weighted by atomic mass is 35.5. The van der Waals surface area contributed by atoms with Gasteiger partial charge in [0, 0.05) is 34.0 Å². The highest BCUT2D eigenvalue weighted by Crippen LogP contribution is 2.38. The highest BCUT2D eigenvalue weighted by Gasteiger charge is 2.34. The van der Waals surface area contributed by atoms with Crippen LogP contribution in [0.15, 0.2) is 45.6 Å². The zero-order valence-corrected chi connectivity index (χ0v) is 24.3. The number of hydrogen-bond acceptors (Lipinski definition) is 12. The summed E-state index contributed by atoms with van der Waals surface area (Å²) in [5.74, 6) is -4.35. The van der Waals surface area contributed by atoms with Gasteiger partial charge in [0.2, 0.25) is 0 Å². The monoisotopic (exact) mass is 620 g/mol. The first kappa shape index (κ1) is 30.8. The third-order valence-electron chi connectivity index (χ3n) is 6.41. The van der Waals surface area contributed by atoms with Crippen molar-refractivity contribution < 1.29 is 47.0 Å². The third-order valence-corrected chi connectivity index (χ3v) is 7.23. The molecule has 222 valence electrons. The van der Waals surface area contributed by atoms with E-state index in [-0.39, 0.29) is 43.5 Å². The Balaban J connectivity index is 1.68. The molecule has 14 heteroatoms. The number of carbonyl (C=O) groups excluding carboxylic acids is 4. The van der Waals surface area contributed by atoms with Crippen LogP contribution in [-0.4, -0.2) is 50.2 Å². The number of esters is 4. The lowest BCUT2D eigenvalue weighted by Gasteiger charge is -2.24. The fraction of sp³-hybridized carbons (Fsp3) is 0.286. The minimum Gasteiger partial charge on any atom is -0.465 e. The molecule has 4 aromatic rings. The summed E-state index contributed by atoms with van der Waals surface area (Å²) in [5, 5.41) is 0.786. The van der Waals surface area contributed by atoms with E-state index in [1.807, 2.05) is 0 Å². The topological polar surface area (TPSA) is 184 Å². The van der Waals surface area contributed by atoms with Crippen LogP contribution in [0.3, 0.4) is 0 Å². The number of carbonyl (C=O) groups is 4. The van der Waals surface area contributed by atoms with Gasteiger partial charge in [-0.25, -0.2) is 19.2 Å². The fourth-order valence-corrected chi connectivity index (χ4v) is 5.01. The molecular formula is C28H26Cl2N2O10. The van der Waals surface area contributed by atoms with Crippen LogP contribution in [0.4, 0.5) is 0 Å². The fourth-order valence-electron chi connectivity index (χ4n) is 4.44. The van der Waals surface area contributed by atoms with Crippen molar-refractivity contribution in [1.29, 1.82) is 0 Å². The van der Waals surface area contributed by atoms with Crippen LogP contribution in [0, 0.1) is 0 Å². The van der Waals surface area contributed by atoms with Gasteiger partial charge in [0.25, 0.3) is 0 Å². The molecule has 0 spiro atoms. The second kappa shape index (κ2) is 12.4. The van der Waals surface area contributed by atoms with E-state index in [1.165, 1.54) is 64.9 Å². The van der Waals surface area contributed by atoms with E-state index in [9.17, 15) is 19.2 Å². The average Bonchev–Trinajstić information content (AvgIpc) is 3.65. The van der Waals surface area contributed by atoms with Crippen LogP contribution in [0.5, 0.6) is 0 Å². The number of benzene rings is 2. The number of fused-ring (bicyclic) bond motifs is 2. The second-order valence-corrected chi connectivity index (χ2v) is 10.1. The highest BCUT2D eigenvalue weighted by molar-refractivity contribution is 6.39. The standard InChI is InChI=1S/C28H26Cl2N2O10/c1-11(31)21(17-9-15(25(33)37-3)19(29)13-5-7-39-23(13)17)41-27(35)28(36)42-22(12(2)32)18-10-16(26(34)38-4)20(30)14-6-8-40-24(14)18/h5-12,21-22H,31-32H2,1-4H3. The lowest BCUT2D eigenvalue weighted by molar-refractivity contribution is -0.175. The van der Waals surface area contributed by atoms with Gasteiger partial charge in [-0.3, -0.25) is 0 Å². The Labute approximate surface area is 248 Å². The van der Waals surface area contributed by atoms with Gasteiger partial charge in [0.05, 0.1) is 47.9 Å². The Morgan fingerprint density at radius 2 is 1.07 bits per heavy atom. The predicted octanol–water partition coefficient (Wildman–Crippen LogP) is 4.62. The molecule has 0 fully saturated rings. The molecule has 2 aromatic carbocycles. The van der Waals surface area contributed by atoms with Gasteiger partial charge < -0.3 is 39.2 Å². The molecule has 4 atom stereocenters. The van der Waals surface area contributed by atoms with E-state index in [0.717, 1.165) is 0 Å². The van der Waals surface area contributed by atoms with Crippen molar-refractivity contribution in [3.05, 3.63) is 69.1 Å². The zero-order valence-electron chi connectivity index (χ0n) is 22.8. The third kappa shape index (κ3) is 5.66. The van der Waals surface area contributed by atoms with Crippen molar-refractivity contribution in [1.82, 2.24) is 0 Å². The molecule has 12 nitrogen and oxygen atoms in total. The number of halogens is 2. The van der Waals surface area contributed by atoms with Gasteiger partial charge in [0.1, 0.15) is 23.4 Å². The maximum atomic E-state index is 13.1. The largest absolute Gasteiger partial charge is 0.465 e. The first-order valence-electron chi connectivity index (χ1n) is 12.4. The Hall–Kier alpha value is -4.10. The Bertz CT molecular complexity index is 1570. The number of hydrogen-bond donors (Lipinski definition) is 2. The average molecular weight is 621 g/mol. The van der Waals surface area contributed by atoms with E-state index in [4.69, 9.17) is 62.5 Å². The van der Waals surface area contributed by atoms with Crippen molar-refractivity contribution in [2.24, 2.45) is 11.5 Å². The Morgan fingerprint density at radius 3 is 1.38 bits per heavy atom. The zero-order chi connectivity index (χ0) is 30.9. The lowest BCUT2D eigenvalue weighted by Crippen LogP contribution is -2.35. The summed E-state index contributed by atoms with van der Waals surface area (Å²) in [4.78, 5) is 50.9. The molecule has 0 aliphatic rings. The first-order chi connectivity index (χ1) is 19.9. The molecule has 4 unspecified atom stereocenters. The summed E-state index contributed by atoms with van der Waals surface area (Å²) >= 11 is 12.7. The maximum Gasteiger partial charge on any atom is 0.418 e. The van der Waals surface area contributed by atoms with Crippen LogP contribution >= 0.6 is 23.2 Å². The predicted molar refractivity (Wildman–Crippen MR) is 150 cm³/mol. The van der Waals surface area contributed by atoms with Crippen LogP contribution in [0.1, 0.15) is 57.9 Å². The lowest BCUT2D eigenvalue weighted by atomic mass is 9.98. The van der Waals surface area contributed by atoms with E-state index in [0.29, 0.717) is 10.8 Å². The molecule has 4 N–H and O–H groups in total. The van der Waals surface area contributed by atoms with Crippen LogP contribution < -0.4 is 11.5 Å². The van der Waals surface area contributed by atoms with Crippen molar-refractivity contribution >= 4 is 69.0 Å². The molecule has 0 radical (unpaired) electrons. The number of ether oxygens (including phenoxy) is 4. The number of rotatable bonds is 8. The molecule has 4 rings (SSSR count). The van der Waals surface area contributed by atoms with E-state index in [1.54, 1.807) is 0 Å². The van der Waals surface area contributed by atoms with E-state index in [2.05, 4.69) is 0 Å². The van der Waals surface area contributed by atoms with Gasteiger partial charge in [-0.2, -0.15) is 0 Å². The van der Waals surface area contributed by atoms with Crippen LogP contribution in [-0.2, 0) is 28.5 Å². The molecule has 0 amide bonds. The summed E-state index contributed by atoms with van der Waals surface area (Å²) in [7, 11) is 2.36. The molecule has 0 aliphatic heterocycles. The molecule has 0 bridgehead atoms. The van der Waals surface area contributed by atoms with Crippen molar-refractivity contribution in [3.63, 3.8) is 0 Å². The smallest absolute Gasteiger partial charge is 0.418 e. The Kier molecular flexibility index (Phi) is 9.12. The van der Waals surface area contributed by atoms with Crippen molar-refractivity contribution in [2.45, 2.75) is 38.1 Å². The Morgan fingerprint density at radius 1 is 0.714 bits per heavy atom. The molecule has 2 aromatic heterocycles.